The van der Waals surface area contributed by atoms with Crippen LogP contribution in [0.3, 0.4) is 0 Å². The summed E-state index contributed by atoms with van der Waals surface area (Å²) in [5, 5.41) is 3.10. The normalized spacial score (nSPS) is 24.7. The molecule has 1 aliphatic carbocycles. The van der Waals surface area contributed by atoms with Crippen LogP contribution < -0.4 is 5.32 Å². The van der Waals surface area contributed by atoms with Crippen molar-refractivity contribution in [3.63, 3.8) is 0 Å². The van der Waals surface area contributed by atoms with Crippen LogP contribution in [0.1, 0.15) is 59.2 Å². The van der Waals surface area contributed by atoms with Crippen molar-refractivity contribution in [1.29, 1.82) is 0 Å². The van der Waals surface area contributed by atoms with Gasteiger partial charge in [0.15, 0.2) is 0 Å². The van der Waals surface area contributed by atoms with Gasteiger partial charge in [0.2, 0.25) is 0 Å². The van der Waals surface area contributed by atoms with Crippen molar-refractivity contribution < 1.29 is 18.0 Å². The first-order chi connectivity index (χ1) is 11.8. The number of likely N-dealkylation sites (tertiary alicyclic amines) is 1. The highest BCUT2D eigenvalue weighted by Crippen LogP contribution is 2.32. The van der Waals surface area contributed by atoms with Crippen molar-refractivity contribution in [2.24, 2.45) is 0 Å². The third kappa shape index (κ3) is 3.84. The topological polar surface area (TPSA) is 32.3 Å². The molecule has 1 aromatic rings. The van der Waals surface area contributed by atoms with Gasteiger partial charge in [-0.1, -0.05) is 0 Å². The van der Waals surface area contributed by atoms with Crippen molar-refractivity contribution in [1.82, 2.24) is 10.2 Å². The summed E-state index contributed by atoms with van der Waals surface area (Å²) in [4.78, 5) is 15.2. The van der Waals surface area contributed by atoms with Crippen LogP contribution in [0.25, 0.3) is 0 Å². The molecule has 0 spiro atoms. The zero-order chi connectivity index (χ0) is 18.2. The molecular formula is C19H25F3N2O. The summed E-state index contributed by atoms with van der Waals surface area (Å²) in [7, 11) is 0. The number of hydrogen-bond donors (Lipinski definition) is 1. The summed E-state index contributed by atoms with van der Waals surface area (Å²) >= 11 is 0. The molecule has 1 aliphatic heterocycles. The van der Waals surface area contributed by atoms with Gasteiger partial charge in [-0.2, -0.15) is 13.2 Å². The summed E-state index contributed by atoms with van der Waals surface area (Å²) in [6.45, 7) is 5.30. The van der Waals surface area contributed by atoms with E-state index in [0.29, 0.717) is 22.7 Å². The van der Waals surface area contributed by atoms with Gasteiger partial charge in [-0.3, -0.25) is 9.69 Å². The summed E-state index contributed by atoms with van der Waals surface area (Å²) in [5.74, 6) is -0.250. The lowest BCUT2D eigenvalue weighted by Crippen LogP contribution is -2.48. The highest BCUT2D eigenvalue weighted by Gasteiger charge is 2.35. The van der Waals surface area contributed by atoms with E-state index in [4.69, 9.17) is 0 Å². The number of benzene rings is 1. The lowest BCUT2D eigenvalue weighted by Gasteiger charge is -2.30. The first-order valence-electron chi connectivity index (χ1n) is 9.00. The molecule has 3 rings (SSSR count). The number of aryl methyl sites for hydroxylation is 2. The molecule has 2 unspecified atom stereocenters. The molecule has 2 atom stereocenters. The van der Waals surface area contributed by atoms with Crippen molar-refractivity contribution in [3.8, 4) is 0 Å². The number of hydrogen-bond acceptors (Lipinski definition) is 2. The van der Waals surface area contributed by atoms with Gasteiger partial charge in [0.05, 0.1) is 5.56 Å². The molecule has 3 nitrogen and oxygen atoms in total. The lowest BCUT2D eigenvalue weighted by atomic mass is 9.97. The van der Waals surface area contributed by atoms with Crippen LogP contribution >= 0.6 is 0 Å². The Hall–Kier alpha value is -1.56. The Balaban J connectivity index is 1.77. The van der Waals surface area contributed by atoms with Gasteiger partial charge in [0.1, 0.15) is 0 Å². The van der Waals surface area contributed by atoms with Crippen molar-refractivity contribution in [2.45, 2.75) is 64.2 Å². The van der Waals surface area contributed by atoms with Crippen molar-refractivity contribution in [3.05, 3.63) is 34.4 Å². The van der Waals surface area contributed by atoms with E-state index in [2.05, 4.69) is 10.2 Å². The minimum Gasteiger partial charge on any atom is -0.348 e. The van der Waals surface area contributed by atoms with E-state index in [9.17, 15) is 18.0 Å². The van der Waals surface area contributed by atoms with E-state index in [-0.39, 0.29) is 11.9 Å². The van der Waals surface area contributed by atoms with E-state index in [1.54, 1.807) is 13.8 Å². The number of nitrogens with zero attached hydrogens (tertiary/aromatic N) is 1. The number of carbonyl (C=O) groups is 1. The molecule has 0 bridgehead atoms. The van der Waals surface area contributed by atoms with Crippen LogP contribution in [0, 0.1) is 13.8 Å². The summed E-state index contributed by atoms with van der Waals surface area (Å²) in [5.41, 5.74) is 0.427. The Morgan fingerprint density at radius 1 is 1.08 bits per heavy atom. The van der Waals surface area contributed by atoms with E-state index >= 15 is 0 Å². The Morgan fingerprint density at radius 2 is 1.68 bits per heavy atom. The predicted molar refractivity (Wildman–Crippen MR) is 90.6 cm³/mol. The summed E-state index contributed by atoms with van der Waals surface area (Å²) in [6, 6.07) is 2.58. The molecule has 1 saturated carbocycles. The molecule has 1 N–H and O–H groups in total. The Kier molecular flexibility index (Phi) is 5.09. The maximum Gasteiger partial charge on any atom is 0.416 e. The fourth-order valence-electron chi connectivity index (χ4n) is 4.35. The molecule has 1 aromatic carbocycles. The van der Waals surface area contributed by atoms with Crippen LogP contribution in [-0.4, -0.2) is 36.0 Å². The number of rotatable bonds is 3. The molecule has 2 fully saturated rings. The Morgan fingerprint density at radius 3 is 2.24 bits per heavy atom. The van der Waals surface area contributed by atoms with Gasteiger partial charge < -0.3 is 5.32 Å². The SMILES string of the molecule is Cc1cc(C(F)(F)F)cc(C)c1C(=O)NC1CCCC1N1CCCC1. The second kappa shape index (κ2) is 6.98. The quantitative estimate of drug-likeness (QED) is 0.887. The Bertz CT molecular complexity index is 628. The third-order valence-corrected chi connectivity index (χ3v) is 5.49. The maximum atomic E-state index is 12.9. The van der Waals surface area contributed by atoms with Crippen LogP contribution in [0.2, 0.25) is 0 Å². The van der Waals surface area contributed by atoms with Gasteiger partial charge >= 0.3 is 6.18 Å². The van der Waals surface area contributed by atoms with E-state index in [1.165, 1.54) is 12.8 Å². The molecule has 2 aliphatic rings. The highest BCUT2D eigenvalue weighted by atomic mass is 19.4. The minimum atomic E-state index is -4.39. The molecule has 1 heterocycles. The number of halogens is 3. The summed E-state index contributed by atoms with van der Waals surface area (Å²) in [6.07, 6.45) is 1.11. The number of amides is 1. The largest absolute Gasteiger partial charge is 0.416 e. The lowest BCUT2D eigenvalue weighted by molar-refractivity contribution is -0.137. The van der Waals surface area contributed by atoms with E-state index in [1.807, 2.05) is 0 Å². The molecule has 0 aromatic heterocycles. The summed E-state index contributed by atoms with van der Waals surface area (Å²) < 4.78 is 38.8. The molecule has 0 radical (unpaired) electrons. The number of nitrogens with one attached hydrogen (secondary N) is 1. The first kappa shape index (κ1) is 18.2. The average Bonchev–Trinajstić information content (AvgIpc) is 3.15. The van der Waals surface area contributed by atoms with Crippen molar-refractivity contribution in [2.75, 3.05) is 13.1 Å². The maximum absolute atomic E-state index is 12.9. The number of carbonyl (C=O) groups excluding carboxylic acids is 1. The first-order valence-corrected chi connectivity index (χ1v) is 9.00. The van der Waals surface area contributed by atoms with Crippen LogP contribution in [0.5, 0.6) is 0 Å². The van der Waals surface area contributed by atoms with Gasteiger partial charge in [-0.05, 0) is 82.3 Å². The zero-order valence-corrected chi connectivity index (χ0v) is 14.7. The van der Waals surface area contributed by atoms with E-state index in [0.717, 1.165) is 44.5 Å². The van der Waals surface area contributed by atoms with E-state index < -0.39 is 11.7 Å². The Labute approximate surface area is 146 Å². The fraction of sp³-hybridized carbons (Fsp3) is 0.632. The van der Waals surface area contributed by atoms with Gasteiger partial charge in [0, 0.05) is 17.6 Å². The van der Waals surface area contributed by atoms with Crippen LogP contribution in [0.4, 0.5) is 13.2 Å². The van der Waals surface area contributed by atoms with Gasteiger partial charge in [0.25, 0.3) is 5.91 Å². The predicted octanol–water partition coefficient (Wildman–Crippen LogP) is 4.07. The zero-order valence-electron chi connectivity index (χ0n) is 14.7. The number of alkyl halides is 3. The molecule has 6 heteroatoms. The standard InChI is InChI=1S/C19H25F3N2O/c1-12-10-14(19(20,21)22)11-13(2)17(12)18(25)23-15-6-5-7-16(15)24-8-3-4-9-24/h10-11,15-16H,3-9H2,1-2H3,(H,23,25). The second-order valence-electron chi connectivity index (χ2n) is 7.30. The van der Waals surface area contributed by atoms with Crippen molar-refractivity contribution >= 4 is 5.91 Å². The smallest absolute Gasteiger partial charge is 0.348 e. The van der Waals surface area contributed by atoms with Gasteiger partial charge in [-0.25, -0.2) is 0 Å². The minimum absolute atomic E-state index is 0.0895. The average molecular weight is 354 g/mol. The third-order valence-electron chi connectivity index (χ3n) is 5.49. The molecule has 25 heavy (non-hydrogen) atoms. The molecule has 1 saturated heterocycles. The molecular weight excluding hydrogens is 329 g/mol. The monoisotopic (exact) mass is 354 g/mol. The van der Waals surface area contributed by atoms with Crippen LogP contribution in [-0.2, 0) is 6.18 Å². The molecule has 138 valence electrons. The second-order valence-corrected chi connectivity index (χ2v) is 7.30. The fourth-order valence-corrected chi connectivity index (χ4v) is 4.35. The highest BCUT2D eigenvalue weighted by molar-refractivity contribution is 5.97. The molecule has 1 amide bonds. The van der Waals surface area contributed by atoms with Crippen LogP contribution in [0.15, 0.2) is 12.1 Å². The van der Waals surface area contributed by atoms with Gasteiger partial charge in [-0.15, -0.1) is 0 Å².